The number of nitrogens with two attached hydrogens (primary N) is 1. The van der Waals surface area contributed by atoms with E-state index in [2.05, 4.69) is 0 Å². The zero-order valence-corrected chi connectivity index (χ0v) is 7.33. The van der Waals surface area contributed by atoms with Crippen LogP contribution in [0, 0.1) is 5.92 Å². The highest BCUT2D eigenvalue weighted by atomic mass is 16.2. The first kappa shape index (κ1) is 7.90. The highest BCUT2D eigenvalue weighted by Gasteiger charge is 2.37. The first-order valence-electron chi connectivity index (χ1n) is 4.85. The van der Waals surface area contributed by atoms with Gasteiger partial charge in [0.15, 0.2) is 0 Å². The van der Waals surface area contributed by atoms with Crippen LogP contribution >= 0.6 is 0 Å². The minimum absolute atomic E-state index is 0.218. The van der Waals surface area contributed by atoms with E-state index in [4.69, 9.17) is 5.73 Å². The van der Waals surface area contributed by atoms with Crippen LogP contribution in [0.5, 0.6) is 0 Å². The van der Waals surface area contributed by atoms with Crippen LogP contribution in [-0.2, 0) is 0 Å². The van der Waals surface area contributed by atoms with Gasteiger partial charge >= 0.3 is 6.03 Å². The average Bonchev–Trinajstić information content (AvgIpc) is 2.47. The molecule has 12 heavy (non-hydrogen) atoms. The fraction of sp³-hybridized carbons (Fsp3) is 0.889. The molecule has 1 heterocycles. The number of rotatable bonds is 0. The molecule has 0 spiro atoms. The van der Waals surface area contributed by atoms with E-state index in [0.717, 1.165) is 12.5 Å². The molecule has 1 aliphatic heterocycles. The lowest BCUT2D eigenvalue weighted by Crippen LogP contribution is -2.42. The molecule has 2 fully saturated rings. The van der Waals surface area contributed by atoms with Gasteiger partial charge in [-0.1, -0.05) is 12.8 Å². The van der Waals surface area contributed by atoms with E-state index in [1.807, 2.05) is 4.90 Å². The molecule has 2 N–H and O–H groups in total. The zero-order chi connectivity index (χ0) is 8.55. The Balaban J connectivity index is 2.05. The molecule has 2 amide bonds. The molecular formula is C9H16N2O. The van der Waals surface area contributed by atoms with Gasteiger partial charge in [0.05, 0.1) is 0 Å². The fourth-order valence-electron chi connectivity index (χ4n) is 2.68. The molecule has 0 radical (unpaired) electrons. The van der Waals surface area contributed by atoms with Gasteiger partial charge in [-0.25, -0.2) is 4.79 Å². The number of urea groups is 1. The highest BCUT2D eigenvalue weighted by Crippen LogP contribution is 2.35. The lowest BCUT2D eigenvalue weighted by atomic mass is 9.85. The van der Waals surface area contributed by atoms with Crippen molar-refractivity contribution in [2.75, 3.05) is 6.54 Å². The molecule has 0 unspecified atom stereocenters. The van der Waals surface area contributed by atoms with Crippen molar-refractivity contribution in [2.45, 2.75) is 38.1 Å². The molecule has 2 atom stereocenters. The Bertz CT molecular complexity index is 193. The zero-order valence-electron chi connectivity index (χ0n) is 7.33. The fourth-order valence-corrected chi connectivity index (χ4v) is 2.68. The van der Waals surface area contributed by atoms with Gasteiger partial charge in [0, 0.05) is 12.6 Å². The number of carbonyl (C=O) groups is 1. The summed E-state index contributed by atoms with van der Waals surface area (Å²) < 4.78 is 0. The van der Waals surface area contributed by atoms with E-state index in [1.54, 1.807) is 0 Å². The Kier molecular flexibility index (Phi) is 1.95. The number of likely N-dealkylation sites (tertiary alicyclic amines) is 1. The third-order valence-corrected chi connectivity index (χ3v) is 3.29. The Labute approximate surface area is 72.9 Å². The van der Waals surface area contributed by atoms with E-state index in [1.165, 1.54) is 32.1 Å². The van der Waals surface area contributed by atoms with Crippen LogP contribution in [0.15, 0.2) is 0 Å². The number of fused-ring (bicyclic) bond motifs is 1. The van der Waals surface area contributed by atoms with Crippen molar-refractivity contribution in [2.24, 2.45) is 11.7 Å². The minimum atomic E-state index is -0.218. The van der Waals surface area contributed by atoms with Crippen LogP contribution < -0.4 is 5.73 Å². The van der Waals surface area contributed by atoms with Gasteiger partial charge in [-0.2, -0.15) is 0 Å². The van der Waals surface area contributed by atoms with E-state index >= 15 is 0 Å². The molecule has 0 aromatic carbocycles. The van der Waals surface area contributed by atoms with Gasteiger partial charge in [0.2, 0.25) is 0 Å². The Morgan fingerprint density at radius 3 is 2.75 bits per heavy atom. The van der Waals surface area contributed by atoms with Crippen LogP contribution in [0.2, 0.25) is 0 Å². The molecule has 3 nitrogen and oxygen atoms in total. The molecule has 68 valence electrons. The van der Waals surface area contributed by atoms with Gasteiger partial charge in [-0.3, -0.25) is 0 Å². The number of amides is 2. The lowest BCUT2D eigenvalue weighted by molar-refractivity contribution is 0.178. The van der Waals surface area contributed by atoms with Gasteiger partial charge in [0.25, 0.3) is 0 Å². The third kappa shape index (κ3) is 1.17. The van der Waals surface area contributed by atoms with Gasteiger partial charge in [-0.15, -0.1) is 0 Å². The molecule has 0 aromatic rings. The third-order valence-electron chi connectivity index (χ3n) is 3.29. The predicted octanol–water partition coefficient (Wildman–Crippen LogP) is 1.33. The van der Waals surface area contributed by atoms with E-state index in [9.17, 15) is 4.79 Å². The molecule has 1 saturated carbocycles. The second kappa shape index (κ2) is 2.96. The first-order chi connectivity index (χ1) is 5.79. The Morgan fingerprint density at radius 1 is 1.25 bits per heavy atom. The maximum Gasteiger partial charge on any atom is 0.315 e. The highest BCUT2D eigenvalue weighted by molar-refractivity contribution is 5.72. The Hall–Kier alpha value is -0.730. The van der Waals surface area contributed by atoms with Crippen molar-refractivity contribution in [3.05, 3.63) is 0 Å². The Morgan fingerprint density at radius 2 is 2.00 bits per heavy atom. The molecule has 3 heteroatoms. The molecule has 2 rings (SSSR count). The molecule has 0 bridgehead atoms. The SMILES string of the molecule is NC(=O)N1CC[C@H]2CCCC[C@H]21. The molecule has 2 aliphatic rings. The average molecular weight is 168 g/mol. The van der Waals surface area contributed by atoms with E-state index < -0.39 is 0 Å². The summed E-state index contributed by atoms with van der Waals surface area (Å²) in [5.74, 6) is 0.756. The number of nitrogens with zero attached hydrogens (tertiary/aromatic N) is 1. The normalized spacial score (nSPS) is 34.8. The van der Waals surface area contributed by atoms with Crippen molar-refractivity contribution in [3.63, 3.8) is 0 Å². The number of carbonyl (C=O) groups excluding carboxylic acids is 1. The van der Waals surface area contributed by atoms with Crippen LogP contribution in [-0.4, -0.2) is 23.5 Å². The number of primary amides is 1. The van der Waals surface area contributed by atoms with Gasteiger partial charge in [-0.05, 0) is 25.2 Å². The van der Waals surface area contributed by atoms with E-state index in [0.29, 0.717) is 6.04 Å². The molecular weight excluding hydrogens is 152 g/mol. The maximum absolute atomic E-state index is 11.0. The maximum atomic E-state index is 11.0. The molecule has 1 saturated heterocycles. The summed E-state index contributed by atoms with van der Waals surface area (Å²) in [5, 5.41) is 0. The smallest absolute Gasteiger partial charge is 0.315 e. The summed E-state index contributed by atoms with van der Waals surface area (Å²) in [6.45, 7) is 0.894. The lowest BCUT2D eigenvalue weighted by Gasteiger charge is -2.30. The summed E-state index contributed by atoms with van der Waals surface area (Å²) in [6.07, 6.45) is 6.26. The quantitative estimate of drug-likeness (QED) is 0.582. The van der Waals surface area contributed by atoms with Crippen LogP contribution in [0.1, 0.15) is 32.1 Å². The van der Waals surface area contributed by atoms with E-state index in [-0.39, 0.29) is 6.03 Å². The second-order valence-electron chi connectivity index (χ2n) is 3.93. The van der Waals surface area contributed by atoms with Crippen molar-refractivity contribution in [3.8, 4) is 0 Å². The summed E-state index contributed by atoms with van der Waals surface area (Å²) >= 11 is 0. The second-order valence-corrected chi connectivity index (χ2v) is 3.93. The molecule has 0 aromatic heterocycles. The van der Waals surface area contributed by atoms with Gasteiger partial charge < -0.3 is 10.6 Å². The summed E-state index contributed by atoms with van der Waals surface area (Å²) in [6, 6.07) is 0.264. The van der Waals surface area contributed by atoms with Gasteiger partial charge in [0.1, 0.15) is 0 Å². The van der Waals surface area contributed by atoms with Crippen molar-refractivity contribution in [1.82, 2.24) is 4.90 Å². The largest absolute Gasteiger partial charge is 0.351 e. The molecule has 1 aliphatic carbocycles. The summed E-state index contributed by atoms with van der Waals surface area (Å²) in [7, 11) is 0. The van der Waals surface area contributed by atoms with Crippen molar-refractivity contribution >= 4 is 6.03 Å². The van der Waals surface area contributed by atoms with Crippen LogP contribution in [0.4, 0.5) is 4.79 Å². The van der Waals surface area contributed by atoms with Crippen molar-refractivity contribution in [1.29, 1.82) is 0 Å². The topological polar surface area (TPSA) is 46.3 Å². The summed E-state index contributed by atoms with van der Waals surface area (Å²) in [4.78, 5) is 12.9. The predicted molar refractivity (Wildman–Crippen MR) is 46.7 cm³/mol. The summed E-state index contributed by atoms with van der Waals surface area (Å²) in [5.41, 5.74) is 5.29. The monoisotopic (exact) mass is 168 g/mol. The minimum Gasteiger partial charge on any atom is -0.351 e. The number of hydrogen-bond donors (Lipinski definition) is 1. The standard InChI is InChI=1S/C9H16N2O/c10-9(12)11-6-5-7-3-1-2-4-8(7)11/h7-8H,1-6H2,(H2,10,12)/t7-,8-/m1/s1. The first-order valence-corrected chi connectivity index (χ1v) is 4.85. The van der Waals surface area contributed by atoms with Crippen LogP contribution in [0.3, 0.4) is 0 Å². The number of hydrogen-bond acceptors (Lipinski definition) is 1. The van der Waals surface area contributed by atoms with Crippen LogP contribution in [0.25, 0.3) is 0 Å². The van der Waals surface area contributed by atoms with Crippen molar-refractivity contribution < 1.29 is 4.79 Å².